The Bertz CT molecular complexity index is 621. The first-order chi connectivity index (χ1) is 11.0. The molecule has 23 heavy (non-hydrogen) atoms. The quantitative estimate of drug-likeness (QED) is 0.724. The third-order valence-electron chi connectivity index (χ3n) is 3.16. The minimum Gasteiger partial charge on any atom is -0.465 e. The molecule has 0 spiro atoms. The summed E-state index contributed by atoms with van der Waals surface area (Å²) in [6, 6.07) is 6.65. The van der Waals surface area contributed by atoms with E-state index < -0.39 is 30.9 Å². The van der Waals surface area contributed by atoms with Gasteiger partial charge in [-0.1, -0.05) is 18.5 Å². The largest absolute Gasteiger partial charge is 0.465 e. The van der Waals surface area contributed by atoms with Crippen molar-refractivity contribution in [1.29, 1.82) is 0 Å². The Morgan fingerprint density at radius 1 is 1.39 bits per heavy atom. The molecule has 1 heterocycles. The van der Waals surface area contributed by atoms with Crippen molar-refractivity contribution in [3.05, 3.63) is 41.9 Å². The van der Waals surface area contributed by atoms with Gasteiger partial charge < -0.3 is 9.47 Å². The molecular formula is C15H17ClFN3O3. The van der Waals surface area contributed by atoms with E-state index in [1.54, 1.807) is 31.2 Å². The lowest BCUT2D eigenvalue weighted by Crippen LogP contribution is -2.38. The van der Waals surface area contributed by atoms with Gasteiger partial charge in [0, 0.05) is 17.9 Å². The maximum absolute atomic E-state index is 13.2. The number of hydrogen-bond donors (Lipinski definition) is 0. The number of carbonyl (C=O) groups excluding carboxylic acids is 1. The van der Waals surface area contributed by atoms with Gasteiger partial charge in [0.05, 0.1) is 6.67 Å². The number of esters is 1. The van der Waals surface area contributed by atoms with Crippen molar-refractivity contribution in [3.8, 4) is 5.75 Å². The molecule has 0 N–H and O–H groups in total. The van der Waals surface area contributed by atoms with Gasteiger partial charge in [-0.25, -0.2) is 9.67 Å². The summed E-state index contributed by atoms with van der Waals surface area (Å²) in [6.45, 7) is 2.22. The molecule has 124 valence electrons. The zero-order valence-electron chi connectivity index (χ0n) is 12.7. The van der Waals surface area contributed by atoms with E-state index in [-0.39, 0.29) is 0 Å². The highest BCUT2D eigenvalue weighted by atomic mass is 35.5. The van der Waals surface area contributed by atoms with Crippen LogP contribution >= 0.6 is 11.6 Å². The van der Waals surface area contributed by atoms with Crippen LogP contribution in [0.2, 0.25) is 5.02 Å². The number of halogens is 2. The van der Waals surface area contributed by atoms with Crippen LogP contribution in [-0.2, 0) is 9.53 Å². The summed E-state index contributed by atoms with van der Waals surface area (Å²) in [5.41, 5.74) is 0. The van der Waals surface area contributed by atoms with Gasteiger partial charge in [-0.3, -0.25) is 9.18 Å². The third kappa shape index (κ3) is 4.66. The second-order valence-electron chi connectivity index (χ2n) is 5.04. The molecule has 1 aromatic carbocycles. The molecule has 2 aromatic rings. The van der Waals surface area contributed by atoms with Crippen molar-refractivity contribution < 1.29 is 18.7 Å². The van der Waals surface area contributed by atoms with Gasteiger partial charge in [0.1, 0.15) is 18.4 Å². The standard InChI is InChI=1S/C15H17ClFN3O3/c1-10(7-17)14(22-11(2)21)15(20-9-18-8-19-20)23-13-5-3-12(16)4-6-13/h3-6,8-10,14-15H,7H2,1-2H3. The Morgan fingerprint density at radius 3 is 2.61 bits per heavy atom. The van der Waals surface area contributed by atoms with Crippen LogP contribution in [0.25, 0.3) is 0 Å². The van der Waals surface area contributed by atoms with E-state index in [0.29, 0.717) is 10.8 Å². The lowest BCUT2D eigenvalue weighted by atomic mass is 10.0. The Hall–Kier alpha value is -2.15. The Morgan fingerprint density at radius 2 is 2.09 bits per heavy atom. The minimum absolute atomic E-state index is 0.484. The van der Waals surface area contributed by atoms with Crippen molar-refractivity contribution in [2.45, 2.75) is 26.2 Å². The van der Waals surface area contributed by atoms with E-state index >= 15 is 0 Å². The molecule has 2 rings (SSSR count). The summed E-state index contributed by atoms with van der Waals surface area (Å²) < 4.78 is 25.7. The highest BCUT2D eigenvalue weighted by Gasteiger charge is 2.33. The van der Waals surface area contributed by atoms with Gasteiger partial charge in [-0.05, 0) is 24.3 Å². The first-order valence-corrected chi connectivity index (χ1v) is 7.38. The van der Waals surface area contributed by atoms with Gasteiger partial charge in [0.15, 0.2) is 6.10 Å². The molecule has 8 heteroatoms. The molecule has 0 saturated heterocycles. The van der Waals surface area contributed by atoms with Crippen LogP contribution < -0.4 is 4.74 Å². The summed E-state index contributed by atoms with van der Waals surface area (Å²) in [7, 11) is 0. The van der Waals surface area contributed by atoms with Crippen molar-refractivity contribution in [2.75, 3.05) is 6.67 Å². The molecule has 0 saturated carbocycles. The summed E-state index contributed by atoms with van der Waals surface area (Å²) in [5, 5.41) is 4.57. The molecule has 0 aliphatic heterocycles. The number of hydrogen-bond acceptors (Lipinski definition) is 5. The van der Waals surface area contributed by atoms with E-state index in [0.717, 1.165) is 0 Å². The molecule has 3 unspecified atom stereocenters. The monoisotopic (exact) mass is 341 g/mol. The van der Waals surface area contributed by atoms with Gasteiger partial charge in [0.2, 0.25) is 6.23 Å². The van der Waals surface area contributed by atoms with Crippen LogP contribution in [0.15, 0.2) is 36.9 Å². The van der Waals surface area contributed by atoms with Crippen molar-refractivity contribution in [3.63, 3.8) is 0 Å². The summed E-state index contributed by atoms with van der Waals surface area (Å²) >= 11 is 5.85. The Balaban J connectivity index is 2.31. The lowest BCUT2D eigenvalue weighted by Gasteiger charge is -2.30. The zero-order chi connectivity index (χ0) is 16.8. The highest BCUT2D eigenvalue weighted by molar-refractivity contribution is 6.30. The third-order valence-corrected chi connectivity index (χ3v) is 3.41. The predicted molar refractivity (Wildman–Crippen MR) is 81.8 cm³/mol. The average molecular weight is 342 g/mol. The smallest absolute Gasteiger partial charge is 0.303 e. The van der Waals surface area contributed by atoms with Crippen LogP contribution in [-0.4, -0.2) is 33.5 Å². The fraction of sp³-hybridized carbons (Fsp3) is 0.400. The van der Waals surface area contributed by atoms with Gasteiger partial charge in [-0.2, -0.15) is 5.10 Å². The fourth-order valence-electron chi connectivity index (χ4n) is 2.01. The van der Waals surface area contributed by atoms with Crippen LogP contribution in [0.1, 0.15) is 20.1 Å². The fourth-order valence-corrected chi connectivity index (χ4v) is 2.13. The molecule has 1 aromatic heterocycles. The van der Waals surface area contributed by atoms with Crippen LogP contribution in [0.4, 0.5) is 4.39 Å². The molecule has 6 nitrogen and oxygen atoms in total. The highest BCUT2D eigenvalue weighted by Crippen LogP contribution is 2.27. The number of aromatic nitrogens is 3. The first kappa shape index (κ1) is 17.2. The number of carbonyl (C=O) groups is 1. The number of benzene rings is 1. The van der Waals surface area contributed by atoms with Gasteiger partial charge in [-0.15, -0.1) is 0 Å². The Kier molecular flexibility index (Phi) is 5.92. The lowest BCUT2D eigenvalue weighted by molar-refractivity contribution is -0.160. The molecule has 0 aliphatic carbocycles. The Labute approximate surface area is 138 Å². The van der Waals surface area contributed by atoms with Crippen LogP contribution in [0.3, 0.4) is 0 Å². The molecule has 0 bridgehead atoms. The maximum atomic E-state index is 13.2. The van der Waals surface area contributed by atoms with Crippen LogP contribution in [0.5, 0.6) is 5.75 Å². The second kappa shape index (κ2) is 7.92. The minimum atomic E-state index is -0.866. The molecule has 3 atom stereocenters. The SMILES string of the molecule is CC(=O)OC(C(C)CF)C(Oc1ccc(Cl)cc1)n1cncn1. The number of nitrogens with zero attached hydrogens (tertiary/aromatic N) is 3. The molecular weight excluding hydrogens is 325 g/mol. The van der Waals surface area contributed by atoms with E-state index in [2.05, 4.69) is 10.1 Å². The van der Waals surface area contributed by atoms with Crippen molar-refractivity contribution >= 4 is 17.6 Å². The van der Waals surface area contributed by atoms with E-state index in [1.807, 2.05) is 0 Å². The van der Waals surface area contributed by atoms with Gasteiger partial charge in [0.25, 0.3) is 0 Å². The molecule has 0 radical (unpaired) electrons. The van der Waals surface area contributed by atoms with Crippen LogP contribution in [0, 0.1) is 5.92 Å². The summed E-state index contributed by atoms with van der Waals surface area (Å²) in [5.74, 6) is -0.626. The summed E-state index contributed by atoms with van der Waals surface area (Å²) in [6.07, 6.45) is 1.02. The summed E-state index contributed by atoms with van der Waals surface area (Å²) in [4.78, 5) is 15.2. The second-order valence-corrected chi connectivity index (χ2v) is 5.48. The number of ether oxygens (including phenoxy) is 2. The van der Waals surface area contributed by atoms with Crippen molar-refractivity contribution in [1.82, 2.24) is 14.8 Å². The average Bonchev–Trinajstić information content (AvgIpc) is 3.05. The van der Waals surface area contributed by atoms with E-state index in [1.165, 1.54) is 24.3 Å². The van der Waals surface area contributed by atoms with Crippen molar-refractivity contribution in [2.24, 2.45) is 5.92 Å². The van der Waals surface area contributed by atoms with E-state index in [4.69, 9.17) is 21.1 Å². The predicted octanol–water partition coefficient (Wildman–Crippen LogP) is 3.05. The topological polar surface area (TPSA) is 66.2 Å². The zero-order valence-corrected chi connectivity index (χ0v) is 13.5. The molecule has 0 aliphatic rings. The first-order valence-electron chi connectivity index (χ1n) is 7.00. The maximum Gasteiger partial charge on any atom is 0.303 e. The van der Waals surface area contributed by atoms with E-state index in [9.17, 15) is 9.18 Å². The number of alkyl halides is 1. The number of rotatable bonds is 7. The molecule has 0 amide bonds. The van der Waals surface area contributed by atoms with Gasteiger partial charge >= 0.3 is 5.97 Å². The molecule has 0 fully saturated rings. The normalized spacial score (nSPS) is 14.8.